The highest BCUT2D eigenvalue weighted by atomic mass is 16.1. The van der Waals surface area contributed by atoms with Gasteiger partial charge >= 0.3 is 0 Å². The number of Topliss-reactive ketones (excluding diaryl/α,β-unsaturated/α-hetero) is 1. The zero-order chi connectivity index (χ0) is 20.5. The lowest BCUT2D eigenvalue weighted by Crippen LogP contribution is -2.35. The molecule has 5 nitrogen and oxygen atoms in total. The third-order valence-corrected chi connectivity index (χ3v) is 6.98. The summed E-state index contributed by atoms with van der Waals surface area (Å²) >= 11 is 0. The van der Waals surface area contributed by atoms with E-state index in [1.54, 1.807) is 6.20 Å². The molecule has 1 N–H and O–H groups in total. The molecule has 156 valence electrons. The van der Waals surface area contributed by atoms with Gasteiger partial charge in [0.05, 0.1) is 11.4 Å². The summed E-state index contributed by atoms with van der Waals surface area (Å²) in [5, 5.41) is 3.59. The number of benzene rings is 1. The highest BCUT2D eigenvalue weighted by Gasteiger charge is 2.31. The van der Waals surface area contributed by atoms with Crippen molar-refractivity contribution in [3.8, 4) is 0 Å². The van der Waals surface area contributed by atoms with E-state index in [2.05, 4.69) is 46.5 Å². The summed E-state index contributed by atoms with van der Waals surface area (Å²) in [6, 6.07) is 10.4. The largest absolute Gasteiger partial charge is 0.311 e. The Morgan fingerprint density at radius 3 is 2.57 bits per heavy atom. The summed E-state index contributed by atoms with van der Waals surface area (Å²) in [7, 11) is 2.19. The van der Waals surface area contributed by atoms with Crippen LogP contribution in [0.15, 0.2) is 41.5 Å². The topological polar surface area (TPSA) is 57.6 Å². The van der Waals surface area contributed by atoms with Crippen LogP contribution in [-0.4, -0.2) is 48.1 Å². The normalized spacial score (nSPS) is 20.2. The van der Waals surface area contributed by atoms with Gasteiger partial charge in [0.1, 0.15) is 0 Å². The number of carbonyl (C=O) groups is 1. The first-order valence-corrected chi connectivity index (χ1v) is 11.2. The summed E-state index contributed by atoms with van der Waals surface area (Å²) in [6.45, 7) is 4.03. The maximum Gasteiger partial charge on any atom is 0.170 e. The summed E-state index contributed by atoms with van der Waals surface area (Å²) in [4.78, 5) is 24.9. The van der Waals surface area contributed by atoms with Crippen molar-refractivity contribution < 1.29 is 4.79 Å². The van der Waals surface area contributed by atoms with Crippen LogP contribution in [0.2, 0.25) is 0 Å². The van der Waals surface area contributed by atoms with Crippen molar-refractivity contribution in [1.29, 1.82) is 0 Å². The van der Waals surface area contributed by atoms with Gasteiger partial charge < -0.3 is 10.2 Å². The van der Waals surface area contributed by atoms with Gasteiger partial charge in [-0.2, -0.15) is 0 Å². The number of fused-ring (bicyclic) bond motifs is 2. The van der Waals surface area contributed by atoms with Crippen molar-refractivity contribution in [2.75, 3.05) is 26.7 Å². The summed E-state index contributed by atoms with van der Waals surface area (Å²) in [5.74, 6) is 1.24. The molecule has 0 unspecified atom stereocenters. The zero-order valence-corrected chi connectivity index (χ0v) is 17.7. The molecule has 1 aliphatic carbocycles. The summed E-state index contributed by atoms with van der Waals surface area (Å²) < 4.78 is 0. The molecule has 0 spiro atoms. The van der Waals surface area contributed by atoms with Crippen LogP contribution in [0.25, 0.3) is 0 Å². The fourth-order valence-electron chi connectivity index (χ4n) is 5.11. The average Bonchev–Trinajstić information content (AvgIpc) is 3.20. The molecule has 1 saturated heterocycles. The van der Waals surface area contributed by atoms with Crippen LogP contribution in [0.5, 0.6) is 0 Å². The quantitative estimate of drug-likeness (QED) is 0.830. The SMILES string of the molecule is CN1CCC(CNCc2nccc3c2N=C(C2Cc4ccccc4C2)CC3=O)CC1. The molecule has 0 bridgehead atoms. The Morgan fingerprint density at radius 1 is 1.10 bits per heavy atom. The second kappa shape index (κ2) is 8.40. The van der Waals surface area contributed by atoms with Crippen molar-refractivity contribution in [2.24, 2.45) is 16.8 Å². The third kappa shape index (κ3) is 3.96. The number of carbonyl (C=O) groups excluding carboxylic acids is 1. The highest BCUT2D eigenvalue weighted by molar-refractivity contribution is 6.16. The van der Waals surface area contributed by atoms with Crippen LogP contribution in [-0.2, 0) is 19.4 Å². The van der Waals surface area contributed by atoms with Gasteiger partial charge in [-0.05, 0) is 75.5 Å². The second-order valence-electron chi connectivity index (χ2n) is 9.11. The van der Waals surface area contributed by atoms with Crippen molar-refractivity contribution in [2.45, 2.75) is 38.6 Å². The number of nitrogens with one attached hydrogen (secondary N) is 1. The van der Waals surface area contributed by atoms with Gasteiger partial charge in [0, 0.05) is 36.4 Å². The number of hydrogen-bond acceptors (Lipinski definition) is 5. The van der Waals surface area contributed by atoms with Crippen molar-refractivity contribution in [3.63, 3.8) is 0 Å². The van der Waals surface area contributed by atoms with Gasteiger partial charge in [-0.15, -0.1) is 0 Å². The Kier molecular flexibility index (Phi) is 5.48. The van der Waals surface area contributed by atoms with Gasteiger partial charge in [0.15, 0.2) is 5.78 Å². The molecule has 5 heteroatoms. The number of hydrogen-bond donors (Lipinski definition) is 1. The lowest BCUT2D eigenvalue weighted by molar-refractivity contribution is 0.0998. The van der Waals surface area contributed by atoms with Crippen LogP contribution in [0.4, 0.5) is 5.69 Å². The number of aromatic nitrogens is 1. The van der Waals surface area contributed by atoms with E-state index in [1.807, 2.05) is 6.07 Å². The molecule has 1 fully saturated rings. The van der Waals surface area contributed by atoms with Gasteiger partial charge in [-0.25, -0.2) is 0 Å². The van der Waals surface area contributed by atoms with Gasteiger partial charge in [-0.1, -0.05) is 24.3 Å². The molecule has 3 heterocycles. The Hall–Kier alpha value is -2.37. The minimum absolute atomic E-state index is 0.185. The first-order valence-electron chi connectivity index (χ1n) is 11.2. The van der Waals surface area contributed by atoms with Crippen molar-refractivity contribution in [1.82, 2.24) is 15.2 Å². The Bertz CT molecular complexity index is 950. The van der Waals surface area contributed by atoms with Crippen molar-refractivity contribution in [3.05, 3.63) is 58.9 Å². The predicted molar refractivity (Wildman–Crippen MR) is 120 cm³/mol. The molecule has 0 saturated carbocycles. The van der Waals surface area contributed by atoms with Gasteiger partial charge in [0.2, 0.25) is 0 Å². The van der Waals surface area contributed by atoms with Gasteiger partial charge in [-0.3, -0.25) is 14.8 Å². The van der Waals surface area contributed by atoms with Crippen LogP contribution in [0, 0.1) is 11.8 Å². The maximum atomic E-state index is 12.9. The molecular formula is C25H30N4O. The summed E-state index contributed by atoms with van der Waals surface area (Å²) in [5.41, 5.74) is 6.27. The summed E-state index contributed by atoms with van der Waals surface area (Å²) in [6.07, 6.45) is 6.66. The zero-order valence-electron chi connectivity index (χ0n) is 17.7. The van der Waals surface area contributed by atoms with Crippen LogP contribution >= 0.6 is 0 Å². The molecular weight excluding hydrogens is 372 g/mol. The Morgan fingerprint density at radius 2 is 1.83 bits per heavy atom. The van der Waals surface area contributed by atoms with Crippen LogP contribution < -0.4 is 5.32 Å². The third-order valence-electron chi connectivity index (χ3n) is 6.98. The van der Waals surface area contributed by atoms with E-state index < -0.39 is 0 Å². The highest BCUT2D eigenvalue weighted by Crippen LogP contribution is 2.35. The molecule has 0 atom stereocenters. The molecule has 0 amide bonds. The standard InChI is InChI=1S/C25H30N4O/c1-29-10-7-17(8-11-29)15-26-16-23-25-21(6-9-27-23)24(30)14-22(28-25)20-12-18-4-2-3-5-19(18)13-20/h2-6,9,17,20,26H,7-8,10-16H2,1H3. The number of piperidine rings is 1. The molecule has 3 aliphatic rings. The fourth-order valence-corrected chi connectivity index (χ4v) is 5.11. The minimum atomic E-state index is 0.185. The average molecular weight is 403 g/mol. The number of nitrogens with zero attached hydrogens (tertiary/aromatic N) is 3. The fraction of sp³-hybridized carbons (Fsp3) is 0.480. The maximum absolute atomic E-state index is 12.9. The van der Waals surface area contributed by atoms with E-state index in [1.165, 1.54) is 37.1 Å². The van der Waals surface area contributed by atoms with E-state index in [0.29, 0.717) is 18.9 Å². The first-order chi connectivity index (χ1) is 14.7. The first kappa shape index (κ1) is 19.6. The Balaban J connectivity index is 1.31. The number of ketones is 1. The van der Waals surface area contributed by atoms with E-state index in [9.17, 15) is 4.79 Å². The molecule has 2 aromatic rings. The number of rotatable bonds is 5. The van der Waals surface area contributed by atoms with E-state index in [0.717, 1.165) is 48.0 Å². The Labute approximate surface area is 178 Å². The van der Waals surface area contributed by atoms with Crippen molar-refractivity contribution >= 4 is 17.2 Å². The molecule has 5 rings (SSSR count). The van der Waals surface area contributed by atoms with E-state index >= 15 is 0 Å². The molecule has 1 aromatic heterocycles. The lowest BCUT2D eigenvalue weighted by atomic mass is 9.90. The molecule has 2 aliphatic heterocycles. The van der Waals surface area contributed by atoms with Gasteiger partial charge in [0.25, 0.3) is 0 Å². The number of aliphatic imine (C=N–C) groups is 1. The number of pyridine rings is 1. The molecule has 1 aromatic carbocycles. The van der Waals surface area contributed by atoms with Crippen LogP contribution in [0.3, 0.4) is 0 Å². The number of likely N-dealkylation sites (tertiary alicyclic amines) is 1. The minimum Gasteiger partial charge on any atom is -0.311 e. The molecule has 0 radical (unpaired) electrons. The monoisotopic (exact) mass is 402 g/mol. The smallest absolute Gasteiger partial charge is 0.170 e. The molecule has 30 heavy (non-hydrogen) atoms. The van der Waals surface area contributed by atoms with E-state index in [4.69, 9.17) is 4.99 Å². The van der Waals surface area contributed by atoms with E-state index in [-0.39, 0.29) is 5.78 Å². The predicted octanol–water partition coefficient (Wildman–Crippen LogP) is 3.59. The second-order valence-corrected chi connectivity index (χ2v) is 9.11. The lowest BCUT2D eigenvalue weighted by Gasteiger charge is -2.29. The van der Waals surface area contributed by atoms with Crippen LogP contribution in [0.1, 0.15) is 46.4 Å².